The number of nitrogens with zero attached hydrogens (tertiary/aromatic N) is 1. The Morgan fingerprint density at radius 3 is 2.32 bits per heavy atom. The van der Waals surface area contributed by atoms with Gasteiger partial charge in [-0.25, -0.2) is 0 Å². The predicted molar refractivity (Wildman–Crippen MR) is 91.6 cm³/mol. The van der Waals surface area contributed by atoms with Crippen LogP contribution in [0.4, 0.5) is 5.69 Å². The Labute approximate surface area is 130 Å². The summed E-state index contributed by atoms with van der Waals surface area (Å²) in [5.41, 5.74) is 6.72. The maximum atomic E-state index is 12.4. The van der Waals surface area contributed by atoms with Gasteiger partial charge in [-0.3, -0.25) is 4.79 Å². The zero-order chi connectivity index (χ0) is 15.4. The van der Waals surface area contributed by atoms with Crippen LogP contribution in [-0.2, 0) is 0 Å². The summed E-state index contributed by atoms with van der Waals surface area (Å²) in [6.45, 7) is 4.24. The van der Waals surface area contributed by atoms with Crippen molar-refractivity contribution in [2.75, 3.05) is 11.9 Å². The number of benzene rings is 3. The van der Waals surface area contributed by atoms with Gasteiger partial charge in [0.1, 0.15) is 0 Å². The summed E-state index contributed by atoms with van der Waals surface area (Å²) in [5, 5.41) is 2.23. The topological polar surface area (TPSA) is 20.3 Å². The second-order valence-electron chi connectivity index (χ2n) is 6.10. The first-order valence-corrected chi connectivity index (χ1v) is 7.49. The number of hydrogen-bond donors (Lipinski definition) is 0. The molecule has 0 bridgehead atoms. The van der Waals surface area contributed by atoms with Crippen LogP contribution in [0.2, 0.25) is 0 Å². The Morgan fingerprint density at radius 1 is 0.864 bits per heavy atom. The van der Waals surface area contributed by atoms with Crippen molar-refractivity contribution in [1.29, 1.82) is 0 Å². The Kier molecular flexibility index (Phi) is 2.64. The van der Waals surface area contributed by atoms with Crippen molar-refractivity contribution in [3.63, 3.8) is 0 Å². The number of anilines is 1. The van der Waals surface area contributed by atoms with E-state index in [0.717, 1.165) is 22.0 Å². The molecule has 1 amide bonds. The van der Waals surface area contributed by atoms with Crippen LogP contribution in [0, 0.1) is 13.8 Å². The van der Waals surface area contributed by atoms with Crippen LogP contribution < -0.4 is 4.90 Å². The number of amides is 1. The lowest BCUT2D eigenvalue weighted by atomic mass is 9.94. The molecule has 1 aliphatic rings. The highest BCUT2D eigenvalue weighted by molar-refractivity contribution is 6.26. The van der Waals surface area contributed by atoms with E-state index in [2.05, 4.69) is 50.2 Å². The minimum absolute atomic E-state index is 0.0816. The molecule has 0 saturated heterocycles. The molecule has 0 N–H and O–H groups in total. The molecule has 0 aromatic heterocycles. The standard InChI is InChI=1S/C20H17NO/c1-12-9-13(2)11-14(10-12)15-7-8-18-19-16(15)5-4-6-17(19)20(22)21(18)3/h4-11H,1-3H3. The highest BCUT2D eigenvalue weighted by Crippen LogP contribution is 2.41. The summed E-state index contributed by atoms with van der Waals surface area (Å²) in [7, 11) is 1.84. The maximum absolute atomic E-state index is 12.4. The summed E-state index contributed by atoms with van der Waals surface area (Å²) in [4.78, 5) is 14.1. The largest absolute Gasteiger partial charge is 0.311 e. The quantitative estimate of drug-likeness (QED) is 0.634. The molecule has 0 unspecified atom stereocenters. The molecular formula is C20H17NO. The highest BCUT2D eigenvalue weighted by atomic mass is 16.2. The summed E-state index contributed by atoms with van der Waals surface area (Å²) >= 11 is 0. The molecule has 108 valence electrons. The number of hydrogen-bond acceptors (Lipinski definition) is 1. The van der Waals surface area contributed by atoms with Crippen LogP contribution in [0.1, 0.15) is 21.5 Å². The SMILES string of the molecule is Cc1cc(C)cc(-c2ccc3c4c(cccc24)C(=O)N3C)c1. The first-order valence-electron chi connectivity index (χ1n) is 7.49. The fourth-order valence-corrected chi connectivity index (χ4v) is 3.52. The van der Waals surface area contributed by atoms with Crippen LogP contribution >= 0.6 is 0 Å². The monoisotopic (exact) mass is 287 g/mol. The highest BCUT2D eigenvalue weighted by Gasteiger charge is 2.27. The van der Waals surface area contributed by atoms with Crippen LogP contribution in [0.3, 0.4) is 0 Å². The van der Waals surface area contributed by atoms with Gasteiger partial charge in [-0.05, 0) is 42.5 Å². The van der Waals surface area contributed by atoms with Crippen LogP contribution in [0.5, 0.6) is 0 Å². The summed E-state index contributed by atoms with van der Waals surface area (Å²) in [6.07, 6.45) is 0. The van der Waals surface area contributed by atoms with Crippen molar-refractivity contribution in [2.45, 2.75) is 13.8 Å². The predicted octanol–water partition coefficient (Wildman–Crippen LogP) is 4.71. The van der Waals surface area contributed by atoms with E-state index in [0.29, 0.717) is 0 Å². The summed E-state index contributed by atoms with van der Waals surface area (Å²) in [6, 6.07) is 16.8. The molecule has 2 heteroatoms. The normalized spacial score (nSPS) is 13.2. The Balaban J connectivity index is 2.08. The molecule has 4 rings (SSSR count). The number of aryl methyl sites for hydroxylation is 2. The van der Waals surface area contributed by atoms with Gasteiger partial charge >= 0.3 is 0 Å². The van der Waals surface area contributed by atoms with Crippen molar-refractivity contribution < 1.29 is 4.79 Å². The minimum atomic E-state index is 0.0816. The van der Waals surface area contributed by atoms with Crippen molar-refractivity contribution in [3.05, 3.63) is 65.2 Å². The third-order valence-corrected chi connectivity index (χ3v) is 4.45. The molecule has 0 fully saturated rings. The minimum Gasteiger partial charge on any atom is -0.311 e. The van der Waals surface area contributed by atoms with Gasteiger partial charge < -0.3 is 4.90 Å². The molecule has 0 spiro atoms. The fourth-order valence-electron chi connectivity index (χ4n) is 3.52. The van der Waals surface area contributed by atoms with Gasteiger partial charge in [0.25, 0.3) is 5.91 Å². The molecule has 0 saturated carbocycles. The third kappa shape index (κ3) is 1.70. The van der Waals surface area contributed by atoms with Crippen molar-refractivity contribution >= 4 is 22.4 Å². The summed E-state index contributed by atoms with van der Waals surface area (Å²) < 4.78 is 0. The maximum Gasteiger partial charge on any atom is 0.258 e. The number of carbonyl (C=O) groups is 1. The van der Waals surface area contributed by atoms with Crippen LogP contribution in [0.15, 0.2) is 48.5 Å². The molecule has 0 atom stereocenters. The lowest BCUT2D eigenvalue weighted by Crippen LogP contribution is -2.20. The van der Waals surface area contributed by atoms with E-state index in [-0.39, 0.29) is 5.91 Å². The first-order chi connectivity index (χ1) is 10.6. The van der Waals surface area contributed by atoms with E-state index in [1.165, 1.54) is 22.3 Å². The first kappa shape index (κ1) is 13.1. The van der Waals surface area contributed by atoms with Crippen LogP contribution in [0.25, 0.3) is 21.9 Å². The van der Waals surface area contributed by atoms with Crippen molar-refractivity contribution in [2.24, 2.45) is 0 Å². The van der Waals surface area contributed by atoms with E-state index >= 15 is 0 Å². The summed E-state index contributed by atoms with van der Waals surface area (Å²) in [5.74, 6) is 0.0816. The van der Waals surface area contributed by atoms with E-state index in [4.69, 9.17) is 0 Å². The Hall–Kier alpha value is -2.61. The van der Waals surface area contributed by atoms with E-state index in [1.54, 1.807) is 4.90 Å². The zero-order valence-electron chi connectivity index (χ0n) is 13.0. The molecule has 0 aliphatic carbocycles. The lowest BCUT2D eigenvalue weighted by Gasteiger charge is -2.13. The molecule has 1 aliphatic heterocycles. The van der Waals surface area contributed by atoms with Gasteiger partial charge in [0.05, 0.1) is 5.69 Å². The lowest BCUT2D eigenvalue weighted by molar-refractivity contribution is 0.0999. The van der Waals surface area contributed by atoms with Gasteiger partial charge in [-0.15, -0.1) is 0 Å². The van der Waals surface area contributed by atoms with Gasteiger partial charge in [0.15, 0.2) is 0 Å². The average molecular weight is 287 g/mol. The molecule has 3 aromatic rings. The second-order valence-corrected chi connectivity index (χ2v) is 6.10. The van der Waals surface area contributed by atoms with E-state index in [9.17, 15) is 4.79 Å². The van der Waals surface area contributed by atoms with Crippen LogP contribution in [-0.4, -0.2) is 13.0 Å². The van der Waals surface area contributed by atoms with E-state index in [1.807, 2.05) is 19.2 Å². The molecule has 22 heavy (non-hydrogen) atoms. The third-order valence-electron chi connectivity index (χ3n) is 4.45. The zero-order valence-corrected chi connectivity index (χ0v) is 13.0. The number of carbonyl (C=O) groups excluding carboxylic acids is 1. The second kappa shape index (κ2) is 4.44. The molecular weight excluding hydrogens is 270 g/mol. The Bertz CT molecular complexity index is 920. The van der Waals surface area contributed by atoms with Gasteiger partial charge in [-0.1, -0.05) is 47.5 Å². The molecule has 0 radical (unpaired) electrons. The van der Waals surface area contributed by atoms with Crippen molar-refractivity contribution in [3.8, 4) is 11.1 Å². The van der Waals surface area contributed by atoms with Crippen molar-refractivity contribution in [1.82, 2.24) is 0 Å². The van der Waals surface area contributed by atoms with Gasteiger partial charge in [-0.2, -0.15) is 0 Å². The number of rotatable bonds is 1. The smallest absolute Gasteiger partial charge is 0.258 e. The molecule has 3 aromatic carbocycles. The fraction of sp³-hybridized carbons (Fsp3) is 0.150. The molecule has 2 nitrogen and oxygen atoms in total. The average Bonchev–Trinajstić information content (AvgIpc) is 2.74. The van der Waals surface area contributed by atoms with E-state index < -0.39 is 0 Å². The Morgan fingerprint density at radius 2 is 1.59 bits per heavy atom. The molecule has 1 heterocycles. The van der Waals surface area contributed by atoms with Gasteiger partial charge in [0, 0.05) is 18.0 Å². The van der Waals surface area contributed by atoms with Gasteiger partial charge in [0.2, 0.25) is 0 Å².